The molecule has 0 amide bonds. The molecule has 0 saturated carbocycles. The Hall–Kier alpha value is -2.50. The number of carbonyl (C=O) groups is 1. The van der Waals surface area contributed by atoms with Crippen LogP contribution < -0.4 is 9.47 Å². The van der Waals surface area contributed by atoms with E-state index in [-0.39, 0.29) is 5.75 Å². The number of benzene rings is 2. The fourth-order valence-electron chi connectivity index (χ4n) is 1.66. The van der Waals surface area contributed by atoms with Crippen LogP contribution in [0, 0.1) is 0 Å². The molecule has 2 aromatic rings. The maximum Gasteiger partial charge on any atom is 0.416 e. The van der Waals surface area contributed by atoms with Crippen LogP contribution in [0.5, 0.6) is 11.5 Å². The zero-order chi connectivity index (χ0) is 16.2. The molecule has 2 rings (SSSR count). The van der Waals surface area contributed by atoms with Gasteiger partial charge in [-0.05, 0) is 43.3 Å². The number of ether oxygens (including phenoxy) is 2. The second kappa shape index (κ2) is 6.51. The summed E-state index contributed by atoms with van der Waals surface area (Å²) in [6, 6.07) is 12.5. The zero-order valence-corrected chi connectivity index (χ0v) is 11.6. The first-order chi connectivity index (χ1) is 10.4. The highest BCUT2D eigenvalue weighted by atomic mass is 19.4. The normalized spacial score (nSPS) is 12.5. The third kappa shape index (κ3) is 4.25. The van der Waals surface area contributed by atoms with Crippen molar-refractivity contribution in [2.24, 2.45) is 0 Å². The molecule has 0 aromatic heterocycles. The summed E-state index contributed by atoms with van der Waals surface area (Å²) in [5.41, 5.74) is -0.778. The van der Waals surface area contributed by atoms with Gasteiger partial charge in [0.15, 0.2) is 6.10 Å². The lowest BCUT2D eigenvalue weighted by molar-refractivity contribution is -0.141. The Morgan fingerprint density at radius 1 is 0.955 bits per heavy atom. The van der Waals surface area contributed by atoms with Crippen molar-refractivity contribution in [2.45, 2.75) is 19.2 Å². The van der Waals surface area contributed by atoms with Crippen molar-refractivity contribution >= 4 is 5.97 Å². The van der Waals surface area contributed by atoms with E-state index in [1.54, 1.807) is 30.3 Å². The minimum atomic E-state index is -4.41. The number of alkyl halides is 3. The quantitative estimate of drug-likeness (QED) is 0.630. The third-order valence-electron chi connectivity index (χ3n) is 2.79. The van der Waals surface area contributed by atoms with Crippen LogP contribution in [0.3, 0.4) is 0 Å². The first-order valence-corrected chi connectivity index (χ1v) is 6.47. The van der Waals surface area contributed by atoms with Gasteiger partial charge in [-0.1, -0.05) is 18.2 Å². The Balaban J connectivity index is 1.96. The van der Waals surface area contributed by atoms with E-state index in [1.807, 2.05) is 0 Å². The highest BCUT2D eigenvalue weighted by Gasteiger charge is 2.30. The number of para-hydroxylation sites is 1. The summed E-state index contributed by atoms with van der Waals surface area (Å²) in [6.07, 6.45) is -5.35. The predicted octanol–water partition coefficient (Wildman–Crippen LogP) is 4.08. The topological polar surface area (TPSA) is 35.5 Å². The van der Waals surface area contributed by atoms with Crippen LogP contribution in [0.4, 0.5) is 13.2 Å². The molecule has 0 spiro atoms. The monoisotopic (exact) mass is 310 g/mol. The minimum absolute atomic E-state index is 0.158. The summed E-state index contributed by atoms with van der Waals surface area (Å²) in [5, 5.41) is 0. The van der Waals surface area contributed by atoms with Crippen LogP contribution in [0.2, 0.25) is 0 Å². The molecule has 0 aliphatic rings. The summed E-state index contributed by atoms with van der Waals surface area (Å²) in [6.45, 7) is 1.46. The van der Waals surface area contributed by atoms with Crippen LogP contribution in [-0.4, -0.2) is 12.1 Å². The minimum Gasteiger partial charge on any atom is -0.479 e. The van der Waals surface area contributed by atoms with Gasteiger partial charge in [0.1, 0.15) is 11.5 Å². The first kappa shape index (κ1) is 15.9. The largest absolute Gasteiger partial charge is 0.479 e. The number of hydrogen-bond donors (Lipinski definition) is 0. The molecule has 0 fully saturated rings. The molecule has 116 valence electrons. The molecule has 0 radical (unpaired) electrons. The number of hydrogen-bond acceptors (Lipinski definition) is 3. The molecule has 1 atom stereocenters. The van der Waals surface area contributed by atoms with Crippen molar-refractivity contribution in [1.82, 2.24) is 0 Å². The second-order valence-corrected chi connectivity index (χ2v) is 4.52. The maximum absolute atomic E-state index is 12.4. The molecule has 0 N–H and O–H groups in total. The molecule has 0 saturated heterocycles. The van der Waals surface area contributed by atoms with Gasteiger partial charge in [-0.15, -0.1) is 0 Å². The summed E-state index contributed by atoms with van der Waals surface area (Å²) in [4.78, 5) is 11.8. The average Bonchev–Trinajstić information content (AvgIpc) is 2.48. The van der Waals surface area contributed by atoms with E-state index in [9.17, 15) is 18.0 Å². The van der Waals surface area contributed by atoms with E-state index in [0.717, 1.165) is 24.3 Å². The van der Waals surface area contributed by atoms with Crippen molar-refractivity contribution in [3.8, 4) is 11.5 Å². The Kier molecular flexibility index (Phi) is 4.70. The average molecular weight is 310 g/mol. The van der Waals surface area contributed by atoms with Gasteiger partial charge in [-0.2, -0.15) is 13.2 Å². The van der Waals surface area contributed by atoms with Crippen LogP contribution in [0.15, 0.2) is 54.6 Å². The van der Waals surface area contributed by atoms with Gasteiger partial charge in [-0.3, -0.25) is 0 Å². The Morgan fingerprint density at radius 2 is 1.55 bits per heavy atom. The van der Waals surface area contributed by atoms with E-state index in [1.165, 1.54) is 6.92 Å². The van der Waals surface area contributed by atoms with Crippen molar-refractivity contribution < 1.29 is 27.4 Å². The summed E-state index contributed by atoms with van der Waals surface area (Å²) in [7, 11) is 0. The van der Waals surface area contributed by atoms with E-state index < -0.39 is 23.8 Å². The number of carbonyl (C=O) groups excluding carboxylic acids is 1. The summed E-state index contributed by atoms with van der Waals surface area (Å²) >= 11 is 0. The van der Waals surface area contributed by atoms with E-state index in [2.05, 4.69) is 0 Å². The number of esters is 1. The third-order valence-corrected chi connectivity index (χ3v) is 2.79. The van der Waals surface area contributed by atoms with Gasteiger partial charge >= 0.3 is 12.1 Å². The molecule has 0 aliphatic carbocycles. The van der Waals surface area contributed by atoms with Crippen LogP contribution in [0.1, 0.15) is 12.5 Å². The van der Waals surface area contributed by atoms with E-state index in [4.69, 9.17) is 9.47 Å². The Morgan fingerprint density at radius 3 is 2.09 bits per heavy atom. The molecular weight excluding hydrogens is 297 g/mol. The van der Waals surface area contributed by atoms with Crippen LogP contribution in [-0.2, 0) is 11.0 Å². The Bertz CT molecular complexity index is 621. The lowest BCUT2D eigenvalue weighted by Gasteiger charge is -2.14. The van der Waals surface area contributed by atoms with Gasteiger partial charge < -0.3 is 9.47 Å². The van der Waals surface area contributed by atoms with Crippen LogP contribution >= 0.6 is 0 Å². The maximum atomic E-state index is 12.4. The van der Waals surface area contributed by atoms with Gasteiger partial charge in [-0.25, -0.2) is 4.79 Å². The summed E-state index contributed by atoms with van der Waals surface area (Å²) < 4.78 is 47.7. The molecule has 22 heavy (non-hydrogen) atoms. The summed E-state index contributed by atoms with van der Waals surface area (Å²) in [5.74, 6) is -0.105. The van der Waals surface area contributed by atoms with Crippen LogP contribution in [0.25, 0.3) is 0 Å². The lowest BCUT2D eigenvalue weighted by atomic mass is 10.2. The fourth-order valence-corrected chi connectivity index (χ4v) is 1.66. The smallest absolute Gasteiger partial charge is 0.416 e. The SMILES string of the molecule is C[C@@H](Oc1ccc(C(F)(F)F)cc1)C(=O)Oc1ccccc1. The van der Waals surface area contributed by atoms with Crippen molar-refractivity contribution in [1.29, 1.82) is 0 Å². The molecule has 0 bridgehead atoms. The molecule has 0 unspecified atom stereocenters. The zero-order valence-electron chi connectivity index (χ0n) is 11.6. The van der Waals surface area contributed by atoms with Gasteiger partial charge in [0, 0.05) is 0 Å². The van der Waals surface area contributed by atoms with Gasteiger partial charge in [0.25, 0.3) is 0 Å². The van der Waals surface area contributed by atoms with Crippen molar-refractivity contribution in [3.63, 3.8) is 0 Å². The highest BCUT2D eigenvalue weighted by molar-refractivity contribution is 5.77. The fraction of sp³-hybridized carbons (Fsp3) is 0.188. The van der Waals surface area contributed by atoms with Crippen molar-refractivity contribution in [2.75, 3.05) is 0 Å². The lowest BCUT2D eigenvalue weighted by Crippen LogP contribution is -2.28. The van der Waals surface area contributed by atoms with Gasteiger partial charge in [0.2, 0.25) is 0 Å². The highest BCUT2D eigenvalue weighted by Crippen LogP contribution is 2.30. The molecule has 0 heterocycles. The van der Waals surface area contributed by atoms with E-state index >= 15 is 0 Å². The Labute approximate surface area is 125 Å². The second-order valence-electron chi connectivity index (χ2n) is 4.52. The standard InChI is InChI=1S/C16H13F3O3/c1-11(15(20)22-13-5-3-2-4-6-13)21-14-9-7-12(8-10-14)16(17,18)19/h2-11H,1H3/t11-/m1/s1. The molecular formula is C16H13F3O3. The molecule has 2 aromatic carbocycles. The van der Waals surface area contributed by atoms with Gasteiger partial charge in [0.05, 0.1) is 5.56 Å². The van der Waals surface area contributed by atoms with Crippen molar-refractivity contribution in [3.05, 3.63) is 60.2 Å². The number of halogens is 3. The molecule has 3 nitrogen and oxygen atoms in total. The predicted molar refractivity (Wildman–Crippen MR) is 73.6 cm³/mol. The number of rotatable bonds is 4. The van der Waals surface area contributed by atoms with E-state index in [0.29, 0.717) is 5.75 Å². The molecule has 6 heteroatoms. The first-order valence-electron chi connectivity index (χ1n) is 6.47. The molecule has 0 aliphatic heterocycles.